The fourth-order valence-corrected chi connectivity index (χ4v) is 5.63. The maximum atomic E-state index is 13.8. The summed E-state index contributed by atoms with van der Waals surface area (Å²) in [6.45, 7) is 1.86. The number of hydrogen-bond donors (Lipinski definition) is 0. The van der Waals surface area contributed by atoms with Crippen molar-refractivity contribution >= 4 is 29.1 Å². The molecule has 2 fully saturated rings. The van der Waals surface area contributed by atoms with Gasteiger partial charge < -0.3 is 4.74 Å². The highest BCUT2D eigenvalue weighted by Gasteiger charge is 2.74. The van der Waals surface area contributed by atoms with Crippen molar-refractivity contribution in [2.24, 2.45) is 11.8 Å². The van der Waals surface area contributed by atoms with Crippen molar-refractivity contribution < 1.29 is 37.1 Å². The first-order valence-corrected chi connectivity index (χ1v) is 11.5. The van der Waals surface area contributed by atoms with Crippen LogP contribution in [0.4, 0.5) is 18.9 Å². The Kier molecular flexibility index (Phi) is 4.84. The highest BCUT2D eigenvalue weighted by atomic mass is 19.4. The summed E-state index contributed by atoms with van der Waals surface area (Å²) >= 11 is 0. The van der Waals surface area contributed by atoms with Crippen LogP contribution in [-0.4, -0.2) is 29.0 Å². The number of aryl methyl sites for hydroxylation is 1. The second kappa shape index (κ2) is 7.69. The van der Waals surface area contributed by atoms with E-state index in [1.807, 2.05) is 6.92 Å². The molecule has 6 nitrogen and oxygen atoms in total. The van der Waals surface area contributed by atoms with Gasteiger partial charge >= 0.3 is 6.18 Å². The monoisotopic (exact) mass is 505 g/mol. The summed E-state index contributed by atoms with van der Waals surface area (Å²) in [5.41, 5.74) is -1.63. The van der Waals surface area contributed by atoms with Crippen LogP contribution < -0.4 is 4.90 Å². The third-order valence-corrected chi connectivity index (χ3v) is 7.38. The lowest BCUT2D eigenvalue weighted by atomic mass is 9.77. The number of carbonyl (C=O) groups excluding carboxylic acids is 4. The Balaban J connectivity index is 1.50. The summed E-state index contributed by atoms with van der Waals surface area (Å²) in [5, 5.41) is 0. The number of fused-ring (bicyclic) bond motifs is 3. The smallest absolute Gasteiger partial charge is 0.349 e. The van der Waals surface area contributed by atoms with Gasteiger partial charge in [-0.25, -0.2) is 4.90 Å². The summed E-state index contributed by atoms with van der Waals surface area (Å²) < 4.78 is 45.4. The molecule has 3 aromatic carbocycles. The predicted octanol–water partition coefficient (Wildman–Crippen LogP) is 4.71. The van der Waals surface area contributed by atoms with Crippen LogP contribution in [0.3, 0.4) is 0 Å². The minimum absolute atomic E-state index is 0.0781. The average Bonchev–Trinajstić information content (AvgIpc) is 3.44. The first-order chi connectivity index (χ1) is 17.6. The van der Waals surface area contributed by atoms with E-state index in [2.05, 4.69) is 0 Å². The van der Waals surface area contributed by atoms with Gasteiger partial charge in [0.25, 0.3) is 0 Å². The third-order valence-electron chi connectivity index (χ3n) is 7.38. The highest BCUT2D eigenvalue weighted by Crippen LogP contribution is 2.57. The number of ketones is 2. The quantitative estimate of drug-likeness (QED) is 0.372. The van der Waals surface area contributed by atoms with E-state index < -0.39 is 58.7 Å². The van der Waals surface area contributed by atoms with Crippen LogP contribution in [0.15, 0.2) is 72.8 Å². The van der Waals surface area contributed by atoms with Crippen molar-refractivity contribution in [3.8, 4) is 0 Å². The maximum absolute atomic E-state index is 13.8. The van der Waals surface area contributed by atoms with Gasteiger partial charge in [-0.2, -0.15) is 13.2 Å². The van der Waals surface area contributed by atoms with E-state index in [1.165, 1.54) is 12.1 Å². The van der Waals surface area contributed by atoms with E-state index in [0.717, 1.165) is 34.7 Å². The van der Waals surface area contributed by atoms with Crippen molar-refractivity contribution in [2.75, 3.05) is 4.90 Å². The van der Waals surface area contributed by atoms with E-state index in [0.29, 0.717) is 5.56 Å². The first-order valence-electron chi connectivity index (χ1n) is 11.5. The largest absolute Gasteiger partial charge is 0.416 e. The number of alkyl halides is 3. The van der Waals surface area contributed by atoms with Crippen molar-refractivity contribution in [3.05, 3.63) is 101 Å². The zero-order valence-corrected chi connectivity index (χ0v) is 19.3. The number of imide groups is 1. The summed E-state index contributed by atoms with van der Waals surface area (Å²) in [4.78, 5) is 55.7. The van der Waals surface area contributed by atoms with Crippen LogP contribution in [0, 0.1) is 18.8 Å². The van der Waals surface area contributed by atoms with Gasteiger partial charge in [-0.05, 0) is 36.8 Å². The van der Waals surface area contributed by atoms with E-state index in [9.17, 15) is 32.3 Å². The molecule has 2 aliphatic heterocycles. The molecule has 0 radical (unpaired) electrons. The number of Topliss-reactive ketones (excluding diaryl/α,β-unsaturated/α-hetero) is 2. The fraction of sp³-hybridized carbons (Fsp3) is 0.214. The average molecular weight is 505 g/mol. The van der Waals surface area contributed by atoms with Crippen LogP contribution in [0.1, 0.15) is 43.5 Å². The second-order valence-corrected chi connectivity index (χ2v) is 9.45. The number of amides is 2. The summed E-state index contributed by atoms with van der Waals surface area (Å²) in [6, 6.07) is 16.7. The third kappa shape index (κ3) is 3.10. The molecule has 9 heteroatoms. The SMILES string of the molecule is Cc1ccc([C@H]2OC3(C(=O)c4ccccc4C3=O)[C@@H]3C(=O)N(c4ccc(C(F)(F)F)cc4)C(=O)[C@H]23)cc1. The molecule has 186 valence electrons. The molecule has 1 aliphatic carbocycles. The maximum Gasteiger partial charge on any atom is 0.416 e. The lowest BCUT2D eigenvalue weighted by Gasteiger charge is -2.27. The molecule has 37 heavy (non-hydrogen) atoms. The topological polar surface area (TPSA) is 80.8 Å². The molecule has 1 spiro atoms. The Bertz CT molecular complexity index is 1460. The van der Waals surface area contributed by atoms with Gasteiger partial charge in [-0.3, -0.25) is 19.2 Å². The second-order valence-electron chi connectivity index (χ2n) is 9.45. The van der Waals surface area contributed by atoms with E-state index in [-0.39, 0.29) is 16.8 Å². The van der Waals surface area contributed by atoms with Gasteiger partial charge in [0, 0.05) is 11.1 Å². The lowest BCUT2D eigenvalue weighted by Crippen LogP contribution is -2.51. The Hall–Kier alpha value is -4.11. The molecular weight excluding hydrogens is 487 g/mol. The zero-order valence-electron chi connectivity index (χ0n) is 19.3. The number of ether oxygens (including phenoxy) is 1. The summed E-state index contributed by atoms with van der Waals surface area (Å²) in [7, 11) is 0. The van der Waals surface area contributed by atoms with Crippen molar-refractivity contribution in [3.63, 3.8) is 0 Å². The van der Waals surface area contributed by atoms with Crippen LogP contribution in [0.2, 0.25) is 0 Å². The van der Waals surface area contributed by atoms with Crippen LogP contribution in [0.25, 0.3) is 0 Å². The van der Waals surface area contributed by atoms with Gasteiger partial charge in [0.1, 0.15) is 0 Å². The normalized spacial score (nSPS) is 24.2. The number of nitrogens with zero attached hydrogens (tertiary/aromatic N) is 1. The molecule has 2 amide bonds. The molecular formula is C28H18F3NO5. The van der Waals surface area contributed by atoms with Crippen LogP contribution in [0.5, 0.6) is 0 Å². The van der Waals surface area contributed by atoms with Gasteiger partial charge in [-0.15, -0.1) is 0 Å². The Labute approximate surface area is 208 Å². The molecule has 3 aromatic rings. The van der Waals surface area contributed by atoms with Gasteiger partial charge in [0.05, 0.1) is 29.2 Å². The zero-order chi connectivity index (χ0) is 26.3. The molecule has 3 aliphatic rings. The molecule has 3 atom stereocenters. The Morgan fingerprint density at radius 3 is 1.89 bits per heavy atom. The van der Waals surface area contributed by atoms with Crippen molar-refractivity contribution in [1.82, 2.24) is 0 Å². The molecule has 0 saturated carbocycles. The molecule has 0 aromatic heterocycles. The molecule has 0 bridgehead atoms. The van der Waals surface area contributed by atoms with Gasteiger partial charge in [0.15, 0.2) is 0 Å². The van der Waals surface area contributed by atoms with Gasteiger partial charge in [0.2, 0.25) is 29.0 Å². The number of carbonyl (C=O) groups is 4. The molecule has 2 saturated heterocycles. The predicted molar refractivity (Wildman–Crippen MR) is 124 cm³/mol. The fourth-order valence-electron chi connectivity index (χ4n) is 5.63. The number of anilines is 1. The van der Waals surface area contributed by atoms with Crippen molar-refractivity contribution in [2.45, 2.75) is 24.8 Å². The van der Waals surface area contributed by atoms with E-state index in [4.69, 9.17) is 4.74 Å². The molecule has 0 unspecified atom stereocenters. The number of rotatable bonds is 2. The van der Waals surface area contributed by atoms with E-state index >= 15 is 0 Å². The highest BCUT2D eigenvalue weighted by molar-refractivity contribution is 6.37. The lowest BCUT2D eigenvalue weighted by molar-refractivity contribution is -0.137. The summed E-state index contributed by atoms with van der Waals surface area (Å²) in [5.74, 6) is -5.70. The first kappa shape index (κ1) is 23.3. The van der Waals surface area contributed by atoms with Crippen molar-refractivity contribution in [1.29, 1.82) is 0 Å². The number of halogens is 3. The Morgan fingerprint density at radius 2 is 1.35 bits per heavy atom. The summed E-state index contributed by atoms with van der Waals surface area (Å²) in [6.07, 6.45) is -5.69. The molecule has 6 rings (SSSR count). The van der Waals surface area contributed by atoms with E-state index in [1.54, 1.807) is 36.4 Å². The standard InChI is InChI=1S/C28H18F3NO5/c1-14-6-8-15(9-7-14)22-20-21(27(37-22)23(33)18-4-2-3-5-19(18)24(27)34)26(36)32(25(20)35)17-12-10-16(11-13-17)28(29,30)31/h2-13,20-22H,1H3/t20-,21-,22+/m0/s1. The number of hydrogen-bond acceptors (Lipinski definition) is 5. The van der Waals surface area contributed by atoms with Gasteiger partial charge in [-0.1, -0.05) is 54.1 Å². The minimum atomic E-state index is -4.60. The van der Waals surface area contributed by atoms with Crippen LogP contribution >= 0.6 is 0 Å². The minimum Gasteiger partial charge on any atom is -0.349 e. The Morgan fingerprint density at radius 1 is 0.784 bits per heavy atom. The molecule has 2 heterocycles. The number of benzene rings is 3. The van der Waals surface area contributed by atoms with Crippen LogP contribution in [-0.2, 0) is 20.5 Å². The molecule has 0 N–H and O–H groups in total.